The number of hydrogen-bond acceptors (Lipinski definition) is 4. The summed E-state index contributed by atoms with van der Waals surface area (Å²) in [6.07, 6.45) is -3.26. The minimum atomic E-state index is -5.13. The van der Waals surface area contributed by atoms with Gasteiger partial charge >= 0.3 is 12.1 Å². The first kappa shape index (κ1) is 26.3. The summed E-state index contributed by atoms with van der Waals surface area (Å²) in [6.45, 7) is 0.666. The van der Waals surface area contributed by atoms with Crippen LogP contribution in [0.5, 0.6) is 0 Å². The Morgan fingerprint density at radius 3 is 2.28 bits per heavy atom. The molecule has 0 aliphatic carbocycles. The molecule has 7 nitrogen and oxygen atoms in total. The second kappa shape index (κ2) is 9.59. The average molecular weight is 544 g/mol. The Morgan fingerprint density at radius 2 is 1.69 bits per heavy atom. The number of nitrogens with one attached hydrogen (secondary N) is 1. The number of carbonyl (C=O) groups is 2. The minimum Gasteiger partial charge on any atom is -0.341 e. The highest BCUT2D eigenvalue weighted by Gasteiger charge is 2.48. The fraction of sp³-hybridized carbons (Fsp3) is 0.417. The quantitative estimate of drug-likeness (QED) is 0.627. The summed E-state index contributed by atoms with van der Waals surface area (Å²) in [5.41, 5.74) is 1.53. The number of anilines is 1. The van der Waals surface area contributed by atoms with Crippen molar-refractivity contribution in [1.29, 1.82) is 0 Å². The van der Waals surface area contributed by atoms with Crippen molar-refractivity contribution in [2.75, 3.05) is 30.2 Å². The van der Waals surface area contributed by atoms with Gasteiger partial charge in [-0.1, -0.05) is 41.9 Å². The fourth-order valence-electron chi connectivity index (χ4n) is 4.98. The third-order valence-electron chi connectivity index (χ3n) is 6.84. The Hall–Kier alpha value is -2.79. The standard InChI is InChI=1S/C24H25ClF3N3O4S/c1-36(34,35)31-15-23(18-4-2-3-5-20(18)31)10-12-30(13-11-23)21(32)19(29-22(33)24(26,27)28)14-16-6-8-17(25)9-7-16/h2-9,19H,10-15H2,1H3,(H,29,33)/t19-/m1/s1. The number of para-hydroxylation sites is 1. The molecule has 2 aliphatic rings. The monoisotopic (exact) mass is 543 g/mol. The molecule has 36 heavy (non-hydrogen) atoms. The number of fused-ring (bicyclic) bond motifs is 2. The number of carbonyl (C=O) groups excluding carboxylic acids is 2. The third-order valence-corrected chi connectivity index (χ3v) is 8.22. The van der Waals surface area contributed by atoms with Crippen molar-refractivity contribution in [1.82, 2.24) is 10.2 Å². The number of nitrogens with zero attached hydrogens (tertiary/aromatic N) is 2. The smallest absolute Gasteiger partial charge is 0.341 e. The van der Waals surface area contributed by atoms with Crippen molar-refractivity contribution in [2.45, 2.75) is 36.9 Å². The van der Waals surface area contributed by atoms with Gasteiger partial charge in [0.05, 0.1) is 11.9 Å². The molecule has 2 heterocycles. The Morgan fingerprint density at radius 1 is 1.08 bits per heavy atom. The second-order valence-corrected chi connectivity index (χ2v) is 11.6. The molecule has 0 bridgehead atoms. The van der Waals surface area contributed by atoms with Gasteiger partial charge in [-0.15, -0.1) is 0 Å². The first-order valence-electron chi connectivity index (χ1n) is 11.3. The van der Waals surface area contributed by atoms with Gasteiger partial charge in [0.25, 0.3) is 0 Å². The predicted octanol–water partition coefficient (Wildman–Crippen LogP) is 3.27. The molecule has 1 saturated heterocycles. The second-order valence-electron chi connectivity index (χ2n) is 9.25. The Balaban J connectivity index is 1.53. The summed E-state index contributed by atoms with van der Waals surface area (Å²) in [5, 5.41) is 2.28. The van der Waals surface area contributed by atoms with E-state index in [9.17, 15) is 31.2 Å². The lowest BCUT2D eigenvalue weighted by Gasteiger charge is -2.41. The molecule has 12 heteroatoms. The van der Waals surface area contributed by atoms with E-state index in [0.717, 1.165) is 11.8 Å². The first-order valence-corrected chi connectivity index (χ1v) is 13.5. The van der Waals surface area contributed by atoms with Crippen LogP contribution in [0.15, 0.2) is 48.5 Å². The van der Waals surface area contributed by atoms with Gasteiger partial charge in [0.2, 0.25) is 15.9 Å². The molecule has 1 atom stereocenters. The molecule has 0 saturated carbocycles. The van der Waals surface area contributed by atoms with Crippen molar-refractivity contribution in [3.8, 4) is 0 Å². The van der Waals surface area contributed by atoms with Crippen molar-refractivity contribution >= 4 is 39.1 Å². The largest absolute Gasteiger partial charge is 0.471 e. The fourth-order valence-corrected chi connectivity index (χ4v) is 6.10. The van der Waals surface area contributed by atoms with Gasteiger partial charge in [-0.05, 0) is 42.2 Å². The number of sulfonamides is 1. The highest BCUT2D eigenvalue weighted by atomic mass is 35.5. The van der Waals surface area contributed by atoms with E-state index in [0.29, 0.717) is 29.1 Å². The van der Waals surface area contributed by atoms with Crippen molar-refractivity contribution in [2.24, 2.45) is 0 Å². The van der Waals surface area contributed by atoms with Gasteiger partial charge in [0, 0.05) is 36.5 Å². The number of amides is 2. The van der Waals surface area contributed by atoms with Gasteiger partial charge in [-0.3, -0.25) is 13.9 Å². The zero-order valence-corrected chi connectivity index (χ0v) is 21.0. The van der Waals surface area contributed by atoms with Gasteiger partial charge < -0.3 is 10.2 Å². The lowest BCUT2D eigenvalue weighted by Crippen LogP contribution is -2.56. The van der Waals surface area contributed by atoms with E-state index in [1.165, 1.54) is 9.21 Å². The summed E-state index contributed by atoms with van der Waals surface area (Å²) < 4.78 is 65.1. The van der Waals surface area contributed by atoms with E-state index in [2.05, 4.69) is 0 Å². The van der Waals surface area contributed by atoms with Crippen molar-refractivity contribution < 1.29 is 31.2 Å². The van der Waals surface area contributed by atoms with Crippen LogP contribution in [0.3, 0.4) is 0 Å². The Bertz CT molecular complexity index is 1260. The van der Waals surface area contributed by atoms with E-state index in [-0.39, 0.29) is 26.1 Å². The van der Waals surface area contributed by atoms with Crippen LogP contribution in [0.2, 0.25) is 5.02 Å². The zero-order chi connectivity index (χ0) is 26.3. The molecule has 2 aromatic rings. The Labute approximate surface area is 212 Å². The van der Waals surface area contributed by atoms with Crippen LogP contribution in [0.25, 0.3) is 0 Å². The van der Waals surface area contributed by atoms with Gasteiger partial charge in [-0.25, -0.2) is 8.42 Å². The van der Waals surface area contributed by atoms with Gasteiger partial charge in [0.1, 0.15) is 6.04 Å². The molecule has 1 spiro atoms. The summed E-state index contributed by atoms with van der Waals surface area (Å²) in [5.74, 6) is -2.81. The SMILES string of the molecule is CS(=O)(=O)N1CC2(CCN(C(=O)[C@@H](Cc3ccc(Cl)cc3)NC(=O)C(F)(F)F)CC2)c2ccccc21. The maximum absolute atomic E-state index is 13.3. The molecular formula is C24H25ClF3N3O4S. The average Bonchev–Trinajstić information content (AvgIpc) is 3.14. The maximum Gasteiger partial charge on any atom is 0.471 e. The Kier molecular flexibility index (Phi) is 7.00. The van der Waals surface area contributed by atoms with E-state index in [1.54, 1.807) is 36.4 Å². The molecule has 1 N–H and O–H groups in total. The van der Waals surface area contributed by atoms with Crippen molar-refractivity contribution in [3.05, 3.63) is 64.7 Å². The molecule has 194 valence electrons. The molecule has 1 fully saturated rings. The number of benzene rings is 2. The van der Waals surface area contributed by atoms with E-state index in [4.69, 9.17) is 11.6 Å². The molecule has 4 rings (SSSR count). The van der Waals surface area contributed by atoms with Crippen molar-refractivity contribution in [3.63, 3.8) is 0 Å². The topological polar surface area (TPSA) is 86.8 Å². The number of piperidine rings is 1. The highest BCUT2D eigenvalue weighted by molar-refractivity contribution is 7.92. The summed E-state index contributed by atoms with van der Waals surface area (Å²) in [4.78, 5) is 26.4. The lowest BCUT2D eigenvalue weighted by molar-refractivity contribution is -0.175. The number of likely N-dealkylation sites (tertiary alicyclic amines) is 1. The van der Waals surface area contributed by atoms with E-state index in [1.807, 2.05) is 17.4 Å². The van der Waals surface area contributed by atoms with Crippen LogP contribution < -0.4 is 9.62 Å². The van der Waals surface area contributed by atoms with Crippen LogP contribution in [0, 0.1) is 0 Å². The van der Waals surface area contributed by atoms with Crippen LogP contribution in [-0.2, 0) is 31.4 Å². The molecule has 2 amide bonds. The lowest BCUT2D eigenvalue weighted by atomic mass is 9.74. The molecule has 2 aliphatic heterocycles. The number of halogens is 4. The predicted molar refractivity (Wildman–Crippen MR) is 129 cm³/mol. The molecule has 0 radical (unpaired) electrons. The highest BCUT2D eigenvalue weighted by Crippen LogP contribution is 2.47. The van der Waals surface area contributed by atoms with Crippen LogP contribution in [0.1, 0.15) is 24.0 Å². The zero-order valence-electron chi connectivity index (χ0n) is 19.4. The normalized spacial score (nSPS) is 18.1. The summed E-state index contributed by atoms with van der Waals surface area (Å²) >= 11 is 5.88. The summed E-state index contributed by atoms with van der Waals surface area (Å²) in [6, 6.07) is 12.1. The van der Waals surface area contributed by atoms with Crippen LogP contribution in [0.4, 0.5) is 18.9 Å². The maximum atomic E-state index is 13.3. The van der Waals surface area contributed by atoms with Gasteiger partial charge in [-0.2, -0.15) is 13.2 Å². The third kappa shape index (κ3) is 5.31. The first-order chi connectivity index (χ1) is 16.8. The molecular weight excluding hydrogens is 519 g/mol. The summed E-state index contributed by atoms with van der Waals surface area (Å²) in [7, 11) is -3.51. The number of rotatable bonds is 5. The minimum absolute atomic E-state index is 0.135. The van der Waals surface area contributed by atoms with E-state index < -0.39 is 39.5 Å². The molecule has 2 aromatic carbocycles. The van der Waals surface area contributed by atoms with Crippen LogP contribution >= 0.6 is 11.6 Å². The molecule has 0 aromatic heterocycles. The van der Waals surface area contributed by atoms with Gasteiger partial charge in [0.15, 0.2) is 0 Å². The molecule has 0 unspecified atom stereocenters. The van der Waals surface area contributed by atoms with E-state index >= 15 is 0 Å². The number of hydrogen-bond donors (Lipinski definition) is 1. The van der Waals surface area contributed by atoms with Crippen LogP contribution in [-0.4, -0.2) is 63.2 Å². The number of alkyl halides is 3.